The average Bonchev–Trinajstić information content (AvgIpc) is 2.30. The molecule has 0 aliphatic carbocycles. The Balaban J connectivity index is 2.09. The number of hydrogen-bond donors (Lipinski definition) is 0. The molecular formula is C12H9BrINO. The Morgan fingerprint density at radius 3 is 2.75 bits per heavy atom. The van der Waals surface area contributed by atoms with Gasteiger partial charge in [-0.15, -0.1) is 0 Å². The predicted molar refractivity (Wildman–Crippen MR) is 75.4 cm³/mol. The van der Waals surface area contributed by atoms with Gasteiger partial charge in [0.2, 0.25) is 0 Å². The summed E-state index contributed by atoms with van der Waals surface area (Å²) in [6, 6.07) is 11.8. The van der Waals surface area contributed by atoms with Crippen LogP contribution in [0.5, 0.6) is 5.75 Å². The van der Waals surface area contributed by atoms with Crippen molar-refractivity contribution in [2.24, 2.45) is 0 Å². The van der Waals surface area contributed by atoms with Gasteiger partial charge in [-0.2, -0.15) is 0 Å². The predicted octanol–water partition coefficient (Wildman–Crippen LogP) is 4.03. The zero-order valence-electron chi connectivity index (χ0n) is 8.36. The van der Waals surface area contributed by atoms with E-state index >= 15 is 0 Å². The van der Waals surface area contributed by atoms with Gasteiger partial charge in [-0.3, -0.25) is 0 Å². The Kier molecular flexibility index (Phi) is 4.17. The van der Waals surface area contributed by atoms with E-state index < -0.39 is 0 Å². The van der Waals surface area contributed by atoms with Crippen molar-refractivity contribution in [3.05, 3.63) is 56.3 Å². The first-order chi connectivity index (χ1) is 7.77. The van der Waals surface area contributed by atoms with E-state index in [4.69, 9.17) is 4.74 Å². The van der Waals surface area contributed by atoms with Crippen molar-refractivity contribution in [2.75, 3.05) is 0 Å². The van der Waals surface area contributed by atoms with Crippen molar-refractivity contribution < 1.29 is 4.74 Å². The van der Waals surface area contributed by atoms with Crippen LogP contribution in [-0.4, -0.2) is 4.98 Å². The van der Waals surface area contributed by atoms with Crippen molar-refractivity contribution in [2.45, 2.75) is 6.61 Å². The van der Waals surface area contributed by atoms with E-state index in [0.717, 1.165) is 19.5 Å². The first-order valence-electron chi connectivity index (χ1n) is 4.74. The third kappa shape index (κ3) is 2.95. The summed E-state index contributed by atoms with van der Waals surface area (Å²) in [7, 11) is 0. The van der Waals surface area contributed by atoms with Gasteiger partial charge in [0, 0.05) is 16.2 Å². The first-order valence-corrected chi connectivity index (χ1v) is 6.61. The number of benzene rings is 1. The SMILES string of the molecule is Brc1ccccc1COc1cccnc1I. The molecule has 16 heavy (non-hydrogen) atoms. The van der Waals surface area contributed by atoms with Gasteiger partial charge in [-0.25, -0.2) is 4.98 Å². The maximum absolute atomic E-state index is 5.70. The maximum Gasteiger partial charge on any atom is 0.151 e. The Hall–Kier alpha value is -0.620. The summed E-state index contributed by atoms with van der Waals surface area (Å²) in [5.41, 5.74) is 1.13. The van der Waals surface area contributed by atoms with Gasteiger partial charge in [0.25, 0.3) is 0 Å². The molecule has 2 aromatic rings. The fraction of sp³-hybridized carbons (Fsp3) is 0.0833. The molecule has 4 heteroatoms. The van der Waals surface area contributed by atoms with Crippen molar-refractivity contribution in [3.63, 3.8) is 0 Å². The maximum atomic E-state index is 5.70. The number of rotatable bonds is 3. The van der Waals surface area contributed by atoms with E-state index in [-0.39, 0.29) is 0 Å². The fourth-order valence-corrected chi connectivity index (χ4v) is 2.15. The summed E-state index contributed by atoms with van der Waals surface area (Å²) in [5, 5.41) is 0. The first kappa shape index (κ1) is 11.9. The number of nitrogens with zero attached hydrogens (tertiary/aromatic N) is 1. The van der Waals surface area contributed by atoms with Gasteiger partial charge in [0.1, 0.15) is 10.3 Å². The van der Waals surface area contributed by atoms with Crippen LogP contribution in [0, 0.1) is 3.70 Å². The zero-order valence-corrected chi connectivity index (χ0v) is 12.1. The molecule has 1 heterocycles. The summed E-state index contributed by atoms with van der Waals surface area (Å²) in [6.45, 7) is 0.545. The highest BCUT2D eigenvalue weighted by Gasteiger charge is 2.03. The number of halogens is 2. The van der Waals surface area contributed by atoms with E-state index in [9.17, 15) is 0 Å². The molecule has 0 N–H and O–H groups in total. The second-order valence-electron chi connectivity index (χ2n) is 3.17. The molecule has 0 aliphatic heterocycles. The Morgan fingerprint density at radius 2 is 2.00 bits per heavy atom. The summed E-state index contributed by atoms with van der Waals surface area (Å²) < 4.78 is 7.65. The molecule has 0 saturated heterocycles. The molecule has 0 bridgehead atoms. The van der Waals surface area contributed by atoms with Crippen LogP contribution in [0.1, 0.15) is 5.56 Å². The van der Waals surface area contributed by atoms with Crippen LogP contribution >= 0.6 is 38.5 Å². The quantitative estimate of drug-likeness (QED) is 0.584. The lowest BCUT2D eigenvalue weighted by Crippen LogP contribution is -1.98. The third-order valence-electron chi connectivity index (χ3n) is 2.07. The normalized spacial score (nSPS) is 10.1. The van der Waals surface area contributed by atoms with Crippen LogP contribution < -0.4 is 4.74 Å². The fourth-order valence-electron chi connectivity index (χ4n) is 1.25. The number of aromatic nitrogens is 1. The summed E-state index contributed by atoms with van der Waals surface area (Å²) >= 11 is 5.65. The molecular weight excluding hydrogens is 381 g/mol. The Labute approximate surface area is 116 Å². The molecule has 2 rings (SSSR count). The minimum atomic E-state index is 0.545. The molecule has 0 unspecified atom stereocenters. The van der Waals surface area contributed by atoms with Gasteiger partial charge < -0.3 is 4.74 Å². The second-order valence-corrected chi connectivity index (χ2v) is 5.05. The van der Waals surface area contributed by atoms with E-state index in [2.05, 4.69) is 43.5 Å². The lowest BCUT2D eigenvalue weighted by Gasteiger charge is -2.08. The van der Waals surface area contributed by atoms with Crippen molar-refractivity contribution >= 4 is 38.5 Å². The zero-order chi connectivity index (χ0) is 11.4. The molecule has 1 aromatic carbocycles. The van der Waals surface area contributed by atoms with Crippen LogP contribution in [0.2, 0.25) is 0 Å². The summed E-state index contributed by atoms with van der Waals surface area (Å²) in [6.07, 6.45) is 1.76. The van der Waals surface area contributed by atoms with Crippen LogP contribution in [0.25, 0.3) is 0 Å². The average molecular weight is 390 g/mol. The smallest absolute Gasteiger partial charge is 0.151 e. The Bertz CT molecular complexity index is 444. The third-order valence-corrected chi connectivity index (χ3v) is 3.65. The molecule has 1 aromatic heterocycles. The number of ether oxygens (including phenoxy) is 1. The summed E-state index contributed by atoms with van der Waals surface area (Å²) in [5.74, 6) is 0.818. The van der Waals surface area contributed by atoms with Gasteiger partial charge in [-0.1, -0.05) is 34.1 Å². The molecule has 0 radical (unpaired) electrons. The van der Waals surface area contributed by atoms with Crippen LogP contribution in [-0.2, 0) is 6.61 Å². The van der Waals surface area contributed by atoms with Crippen LogP contribution in [0.3, 0.4) is 0 Å². The topological polar surface area (TPSA) is 22.1 Å². The largest absolute Gasteiger partial charge is 0.486 e. The highest BCUT2D eigenvalue weighted by molar-refractivity contribution is 14.1. The molecule has 82 valence electrons. The molecule has 0 aliphatic rings. The van der Waals surface area contributed by atoms with Crippen molar-refractivity contribution in [3.8, 4) is 5.75 Å². The molecule has 0 amide bonds. The lowest BCUT2D eigenvalue weighted by atomic mass is 10.2. The number of hydrogen-bond acceptors (Lipinski definition) is 2. The van der Waals surface area contributed by atoms with E-state index in [1.807, 2.05) is 36.4 Å². The summed E-state index contributed by atoms with van der Waals surface area (Å²) in [4.78, 5) is 4.16. The Morgan fingerprint density at radius 1 is 1.19 bits per heavy atom. The van der Waals surface area contributed by atoms with Crippen molar-refractivity contribution in [1.82, 2.24) is 4.98 Å². The van der Waals surface area contributed by atoms with Gasteiger partial charge in [0.15, 0.2) is 5.75 Å². The van der Waals surface area contributed by atoms with E-state index in [1.165, 1.54) is 0 Å². The van der Waals surface area contributed by atoms with E-state index in [0.29, 0.717) is 6.61 Å². The minimum Gasteiger partial charge on any atom is -0.486 e. The van der Waals surface area contributed by atoms with Gasteiger partial charge in [-0.05, 0) is 40.8 Å². The van der Waals surface area contributed by atoms with Gasteiger partial charge >= 0.3 is 0 Å². The standard InChI is InChI=1S/C12H9BrINO/c13-10-5-2-1-4-9(10)8-16-11-6-3-7-15-12(11)14/h1-7H,8H2. The second kappa shape index (κ2) is 5.63. The van der Waals surface area contributed by atoms with Crippen LogP contribution in [0.4, 0.5) is 0 Å². The monoisotopic (exact) mass is 389 g/mol. The van der Waals surface area contributed by atoms with Gasteiger partial charge in [0.05, 0.1) is 0 Å². The molecule has 0 atom stereocenters. The highest BCUT2D eigenvalue weighted by Crippen LogP contribution is 2.21. The molecule has 0 saturated carbocycles. The van der Waals surface area contributed by atoms with Crippen LogP contribution in [0.15, 0.2) is 47.1 Å². The van der Waals surface area contributed by atoms with Crippen molar-refractivity contribution in [1.29, 1.82) is 0 Å². The molecule has 2 nitrogen and oxygen atoms in total. The molecule has 0 fully saturated rings. The minimum absolute atomic E-state index is 0.545. The van der Waals surface area contributed by atoms with E-state index in [1.54, 1.807) is 6.20 Å². The number of pyridine rings is 1. The lowest BCUT2D eigenvalue weighted by molar-refractivity contribution is 0.301. The highest BCUT2D eigenvalue weighted by atomic mass is 127. The molecule has 0 spiro atoms.